The number of methoxy groups -OCH3 is 1. The molecule has 0 atom stereocenters. The third-order valence-corrected chi connectivity index (χ3v) is 4.42. The second-order valence-corrected chi connectivity index (χ2v) is 5.92. The Labute approximate surface area is 140 Å². The molecule has 0 aromatic heterocycles. The van der Waals surface area contributed by atoms with E-state index in [1.54, 1.807) is 7.11 Å². The average molecular weight is 322 g/mol. The van der Waals surface area contributed by atoms with Gasteiger partial charge in [0.1, 0.15) is 19.0 Å². The summed E-state index contributed by atoms with van der Waals surface area (Å²) in [6.07, 6.45) is 3.52. The number of aryl methyl sites for hydroxylation is 1. The van der Waals surface area contributed by atoms with Crippen molar-refractivity contribution >= 4 is 11.9 Å². The largest absolute Gasteiger partial charge is 0.497 e. The number of hydrogen-bond acceptors (Lipinski definition) is 4. The molecule has 2 aromatic carbocycles. The molecule has 4 rings (SSSR count). The first-order valence-electron chi connectivity index (χ1n) is 8.06. The maximum atomic E-state index is 12.7. The molecule has 0 amide bonds. The predicted molar refractivity (Wildman–Crippen MR) is 91.1 cm³/mol. The summed E-state index contributed by atoms with van der Waals surface area (Å²) in [5.74, 6) is 2.38. The fourth-order valence-electron chi connectivity index (χ4n) is 3.17. The third-order valence-electron chi connectivity index (χ3n) is 4.42. The standard InChI is InChI=1S/C20H18O4/c1-22-16-5-6-17-14(12-16)3-4-15(20(17)21)10-13-2-7-18-19(11-13)24-9-8-23-18/h2,5-7,10-12H,3-4,8-9H2,1H3/b15-10+. The number of Topliss-reactive ketones (excluding diaryl/α,β-unsaturated/α-hetero) is 1. The van der Waals surface area contributed by atoms with E-state index in [0.717, 1.165) is 52.4 Å². The van der Waals surface area contributed by atoms with Gasteiger partial charge in [-0.1, -0.05) is 6.07 Å². The minimum atomic E-state index is 0.0915. The molecule has 0 N–H and O–H groups in total. The number of ketones is 1. The Balaban J connectivity index is 1.65. The normalized spacial score (nSPS) is 17.5. The Hall–Kier alpha value is -2.75. The van der Waals surface area contributed by atoms with Gasteiger partial charge in [-0.25, -0.2) is 0 Å². The smallest absolute Gasteiger partial charge is 0.189 e. The average Bonchev–Trinajstić information content (AvgIpc) is 2.63. The first kappa shape index (κ1) is 14.8. The van der Waals surface area contributed by atoms with E-state index in [-0.39, 0.29) is 5.78 Å². The fourth-order valence-corrected chi connectivity index (χ4v) is 3.17. The van der Waals surface area contributed by atoms with Crippen LogP contribution in [-0.4, -0.2) is 26.1 Å². The van der Waals surface area contributed by atoms with Crippen molar-refractivity contribution in [3.05, 3.63) is 58.7 Å². The van der Waals surface area contributed by atoms with Crippen LogP contribution in [0.3, 0.4) is 0 Å². The van der Waals surface area contributed by atoms with Gasteiger partial charge in [0.05, 0.1) is 7.11 Å². The summed E-state index contributed by atoms with van der Waals surface area (Å²) in [6, 6.07) is 11.4. The summed E-state index contributed by atoms with van der Waals surface area (Å²) < 4.78 is 16.4. The van der Waals surface area contributed by atoms with Crippen molar-refractivity contribution < 1.29 is 19.0 Å². The zero-order valence-electron chi connectivity index (χ0n) is 13.5. The van der Waals surface area contributed by atoms with Crippen LogP contribution < -0.4 is 14.2 Å². The Morgan fingerprint density at radius 1 is 1.00 bits per heavy atom. The van der Waals surface area contributed by atoms with Gasteiger partial charge in [0.2, 0.25) is 0 Å². The van der Waals surface area contributed by atoms with Crippen molar-refractivity contribution in [2.75, 3.05) is 20.3 Å². The number of fused-ring (bicyclic) bond motifs is 2. The lowest BCUT2D eigenvalue weighted by Crippen LogP contribution is -2.15. The number of rotatable bonds is 2. The van der Waals surface area contributed by atoms with E-state index in [2.05, 4.69) is 0 Å². The van der Waals surface area contributed by atoms with Gasteiger partial charge < -0.3 is 14.2 Å². The van der Waals surface area contributed by atoms with E-state index in [4.69, 9.17) is 14.2 Å². The summed E-state index contributed by atoms with van der Waals surface area (Å²) in [7, 11) is 1.64. The molecule has 2 aromatic rings. The van der Waals surface area contributed by atoms with Crippen molar-refractivity contribution in [3.8, 4) is 17.2 Å². The minimum absolute atomic E-state index is 0.0915. The summed E-state index contributed by atoms with van der Waals surface area (Å²) in [5.41, 5.74) is 3.61. The van der Waals surface area contributed by atoms with Crippen LogP contribution in [0.5, 0.6) is 17.2 Å². The van der Waals surface area contributed by atoms with Crippen LogP contribution in [0.4, 0.5) is 0 Å². The predicted octanol–water partition coefficient (Wildman–Crippen LogP) is 3.68. The van der Waals surface area contributed by atoms with Gasteiger partial charge in [-0.2, -0.15) is 0 Å². The fraction of sp³-hybridized carbons (Fsp3) is 0.250. The molecule has 0 unspecified atom stereocenters. The Bertz CT molecular complexity index is 836. The van der Waals surface area contributed by atoms with Gasteiger partial charge in [0.25, 0.3) is 0 Å². The first-order chi connectivity index (χ1) is 11.7. The molecule has 1 aliphatic carbocycles. The van der Waals surface area contributed by atoms with E-state index in [1.165, 1.54) is 0 Å². The van der Waals surface area contributed by atoms with E-state index in [1.807, 2.05) is 42.5 Å². The van der Waals surface area contributed by atoms with Crippen molar-refractivity contribution in [1.29, 1.82) is 0 Å². The van der Waals surface area contributed by atoms with Gasteiger partial charge in [-0.15, -0.1) is 0 Å². The Morgan fingerprint density at radius 2 is 1.83 bits per heavy atom. The van der Waals surface area contributed by atoms with Crippen molar-refractivity contribution in [3.63, 3.8) is 0 Å². The van der Waals surface area contributed by atoms with Crippen molar-refractivity contribution in [1.82, 2.24) is 0 Å². The molecule has 2 aliphatic rings. The topological polar surface area (TPSA) is 44.8 Å². The lowest BCUT2D eigenvalue weighted by molar-refractivity contribution is 0.102. The van der Waals surface area contributed by atoms with Crippen molar-refractivity contribution in [2.45, 2.75) is 12.8 Å². The highest BCUT2D eigenvalue weighted by Crippen LogP contribution is 2.33. The van der Waals surface area contributed by atoms with E-state index in [0.29, 0.717) is 13.2 Å². The van der Waals surface area contributed by atoms with Gasteiger partial charge in [-0.3, -0.25) is 4.79 Å². The molecule has 0 spiro atoms. The highest BCUT2D eigenvalue weighted by molar-refractivity contribution is 6.13. The highest BCUT2D eigenvalue weighted by atomic mass is 16.6. The van der Waals surface area contributed by atoms with Gasteiger partial charge in [0, 0.05) is 11.1 Å². The van der Waals surface area contributed by atoms with Crippen LogP contribution in [-0.2, 0) is 6.42 Å². The van der Waals surface area contributed by atoms with Crippen LogP contribution in [0.15, 0.2) is 42.0 Å². The molecule has 0 fully saturated rings. The second-order valence-electron chi connectivity index (χ2n) is 5.92. The maximum absolute atomic E-state index is 12.7. The first-order valence-corrected chi connectivity index (χ1v) is 8.06. The molecule has 0 saturated carbocycles. The monoisotopic (exact) mass is 322 g/mol. The SMILES string of the molecule is COc1ccc2c(c1)CC/C(=C\c1ccc3c(c1)OCCO3)C2=O. The van der Waals surface area contributed by atoms with Crippen LogP contribution in [0, 0.1) is 0 Å². The van der Waals surface area contributed by atoms with Crippen LogP contribution in [0.2, 0.25) is 0 Å². The molecule has 0 saturated heterocycles. The molecule has 1 heterocycles. The van der Waals surface area contributed by atoms with E-state index < -0.39 is 0 Å². The molecule has 0 radical (unpaired) electrons. The molecule has 4 nitrogen and oxygen atoms in total. The summed E-state index contributed by atoms with van der Waals surface area (Å²) in [5, 5.41) is 0. The van der Waals surface area contributed by atoms with Crippen LogP contribution in [0.25, 0.3) is 6.08 Å². The lowest BCUT2D eigenvalue weighted by Gasteiger charge is -2.20. The zero-order chi connectivity index (χ0) is 16.5. The number of hydrogen-bond donors (Lipinski definition) is 0. The molecule has 122 valence electrons. The molecular weight excluding hydrogens is 304 g/mol. The molecule has 0 bridgehead atoms. The number of carbonyl (C=O) groups is 1. The maximum Gasteiger partial charge on any atom is 0.189 e. The molecule has 1 aliphatic heterocycles. The molecule has 4 heteroatoms. The van der Waals surface area contributed by atoms with Gasteiger partial charge >= 0.3 is 0 Å². The number of benzene rings is 2. The summed E-state index contributed by atoms with van der Waals surface area (Å²) in [6.45, 7) is 1.13. The third kappa shape index (κ3) is 2.64. The van der Waals surface area contributed by atoms with Crippen LogP contribution in [0.1, 0.15) is 27.9 Å². The zero-order valence-corrected chi connectivity index (χ0v) is 13.5. The molecule has 24 heavy (non-hydrogen) atoms. The Kier molecular flexibility index (Phi) is 3.73. The van der Waals surface area contributed by atoms with Crippen molar-refractivity contribution in [2.24, 2.45) is 0 Å². The second kappa shape index (κ2) is 6.04. The minimum Gasteiger partial charge on any atom is -0.497 e. The number of allylic oxidation sites excluding steroid dienone is 1. The Morgan fingerprint density at radius 3 is 2.67 bits per heavy atom. The lowest BCUT2D eigenvalue weighted by atomic mass is 9.86. The molecular formula is C20H18O4. The van der Waals surface area contributed by atoms with E-state index in [9.17, 15) is 4.79 Å². The number of ether oxygens (including phenoxy) is 3. The number of carbonyl (C=O) groups excluding carboxylic acids is 1. The van der Waals surface area contributed by atoms with Crippen LogP contribution >= 0.6 is 0 Å². The van der Waals surface area contributed by atoms with E-state index >= 15 is 0 Å². The summed E-state index contributed by atoms with van der Waals surface area (Å²) >= 11 is 0. The highest BCUT2D eigenvalue weighted by Gasteiger charge is 2.22. The quantitative estimate of drug-likeness (QED) is 0.791. The van der Waals surface area contributed by atoms with Gasteiger partial charge in [0.15, 0.2) is 17.3 Å². The van der Waals surface area contributed by atoms with Gasteiger partial charge in [-0.05, 0) is 60.4 Å². The summed E-state index contributed by atoms with van der Waals surface area (Å²) in [4.78, 5) is 12.7.